The number of aryl methyl sites for hydroxylation is 1. The number of non-ortho nitro benzene ring substituents is 1. The van der Waals surface area contributed by atoms with Crippen molar-refractivity contribution in [2.75, 3.05) is 0 Å². The van der Waals surface area contributed by atoms with E-state index in [9.17, 15) is 18.5 Å². The van der Waals surface area contributed by atoms with E-state index in [0.717, 1.165) is 11.1 Å². The molecule has 128 valence electrons. The fraction of sp³-hybridized carbons (Fsp3) is 0.111. The molecule has 0 saturated carbocycles. The average Bonchev–Trinajstić information content (AvgIpc) is 2.60. The second kappa shape index (κ2) is 6.62. The minimum Gasteiger partial charge on any atom is -0.258 e. The number of benzene rings is 3. The highest BCUT2D eigenvalue weighted by atomic mass is 32.2. The Morgan fingerprint density at radius 3 is 2.40 bits per heavy atom. The Morgan fingerprint density at radius 2 is 1.72 bits per heavy atom. The number of nitro benzene ring substituents is 1. The van der Waals surface area contributed by atoms with Crippen molar-refractivity contribution in [2.45, 2.75) is 18.4 Å². The summed E-state index contributed by atoms with van der Waals surface area (Å²) in [5.41, 5.74) is 1.36. The fourth-order valence-corrected chi connectivity index (χ4v) is 3.97. The van der Waals surface area contributed by atoms with Crippen LogP contribution in [-0.2, 0) is 16.6 Å². The van der Waals surface area contributed by atoms with Crippen molar-refractivity contribution >= 4 is 26.5 Å². The Hall–Kier alpha value is -2.77. The molecule has 6 nitrogen and oxygen atoms in total. The predicted molar refractivity (Wildman–Crippen MR) is 95.8 cm³/mol. The molecular weight excluding hydrogens is 340 g/mol. The van der Waals surface area contributed by atoms with Crippen molar-refractivity contribution in [3.05, 3.63) is 81.9 Å². The van der Waals surface area contributed by atoms with Gasteiger partial charge in [-0.15, -0.1) is 0 Å². The van der Waals surface area contributed by atoms with E-state index in [1.807, 2.05) is 18.2 Å². The molecule has 0 fully saturated rings. The molecule has 0 aromatic heterocycles. The van der Waals surface area contributed by atoms with E-state index >= 15 is 0 Å². The summed E-state index contributed by atoms with van der Waals surface area (Å²) in [4.78, 5) is 10.7. The van der Waals surface area contributed by atoms with Gasteiger partial charge in [0.2, 0.25) is 10.0 Å². The maximum atomic E-state index is 12.8. The third-order valence-corrected chi connectivity index (χ3v) is 5.44. The first-order valence-corrected chi connectivity index (χ1v) is 9.09. The number of hydrogen-bond donors (Lipinski definition) is 1. The molecule has 3 aromatic rings. The molecule has 7 heteroatoms. The van der Waals surface area contributed by atoms with Crippen LogP contribution in [0.2, 0.25) is 0 Å². The summed E-state index contributed by atoms with van der Waals surface area (Å²) in [6.45, 7) is 1.90. The maximum Gasteiger partial charge on any atom is 0.278 e. The number of nitrogens with one attached hydrogen (secondary N) is 1. The van der Waals surface area contributed by atoms with Crippen LogP contribution in [0.3, 0.4) is 0 Å². The highest BCUT2D eigenvalue weighted by Gasteiger charge is 2.24. The van der Waals surface area contributed by atoms with E-state index in [-0.39, 0.29) is 22.5 Å². The van der Waals surface area contributed by atoms with Gasteiger partial charge < -0.3 is 0 Å². The first kappa shape index (κ1) is 17.1. The topological polar surface area (TPSA) is 89.3 Å². The monoisotopic (exact) mass is 356 g/mol. The molecule has 0 heterocycles. The zero-order valence-corrected chi connectivity index (χ0v) is 14.3. The van der Waals surface area contributed by atoms with Crippen LogP contribution in [-0.4, -0.2) is 13.3 Å². The molecule has 0 saturated heterocycles. The summed E-state index contributed by atoms with van der Waals surface area (Å²) in [5.74, 6) is 0. The third-order valence-electron chi connectivity index (χ3n) is 3.99. The standard InChI is InChI=1S/C18H16N2O4S/c1-13-10-11-17(18-15(13)8-5-9-16(18)20(21)22)25(23,24)19-12-14-6-3-2-4-7-14/h2-11,19H,12H2,1H3. The molecule has 25 heavy (non-hydrogen) atoms. The molecule has 0 spiro atoms. The zero-order chi connectivity index (χ0) is 18.0. The van der Waals surface area contributed by atoms with Gasteiger partial charge in [-0.2, -0.15) is 0 Å². The van der Waals surface area contributed by atoms with E-state index in [4.69, 9.17) is 0 Å². The Bertz CT molecular complexity index is 1050. The molecule has 3 rings (SSSR count). The van der Waals surface area contributed by atoms with Gasteiger partial charge in [0.15, 0.2) is 0 Å². The normalized spacial score (nSPS) is 11.6. The third kappa shape index (κ3) is 3.38. The van der Waals surface area contributed by atoms with Crippen molar-refractivity contribution < 1.29 is 13.3 Å². The lowest BCUT2D eigenvalue weighted by Crippen LogP contribution is -2.23. The van der Waals surface area contributed by atoms with E-state index in [0.29, 0.717) is 5.39 Å². The van der Waals surface area contributed by atoms with Gasteiger partial charge in [-0.3, -0.25) is 10.1 Å². The number of hydrogen-bond acceptors (Lipinski definition) is 4. The molecule has 0 aliphatic carbocycles. The molecular formula is C18H16N2O4S. The van der Waals surface area contributed by atoms with Gasteiger partial charge in [0.05, 0.1) is 15.2 Å². The molecule has 0 radical (unpaired) electrons. The number of nitrogens with zero attached hydrogens (tertiary/aromatic N) is 1. The minimum atomic E-state index is -3.91. The van der Waals surface area contributed by atoms with Crippen LogP contribution in [0.1, 0.15) is 11.1 Å². The summed E-state index contributed by atoms with van der Waals surface area (Å²) >= 11 is 0. The van der Waals surface area contributed by atoms with Crippen LogP contribution >= 0.6 is 0 Å². The molecule has 0 atom stereocenters. The summed E-state index contributed by atoms with van der Waals surface area (Å²) in [5, 5.41) is 12.1. The smallest absolute Gasteiger partial charge is 0.258 e. The molecule has 3 aromatic carbocycles. The van der Waals surface area contributed by atoms with Crippen molar-refractivity contribution in [2.24, 2.45) is 0 Å². The fourth-order valence-electron chi connectivity index (χ4n) is 2.73. The van der Waals surface area contributed by atoms with Crippen LogP contribution in [0.5, 0.6) is 0 Å². The SMILES string of the molecule is Cc1ccc(S(=O)(=O)NCc2ccccc2)c2c([N+](=O)[O-])cccc12. The number of fused-ring (bicyclic) bond motifs is 1. The first-order valence-electron chi connectivity index (χ1n) is 7.60. The molecule has 0 bridgehead atoms. The van der Waals surface area contributed by atoms with E-state index in [1.165, 1.54) is 12.1 Å². The maximum absolute atomic E-state index is 12.8. The van der Waals surface area contributed by atoms with Gasteiger partial charge in [0, 0.05) is 12.6 Å². The van der Waals surface area contributed by atoms with Crippen molar-refractivity contribution in [1.29, 1.82) is 0 Å². The second-order valence-corrected chi connectivity index (χ2v) is 7.38. The lowest BCUT2D eigenvalue weighted by atomic mass is 10.0. The van der Waals surface area contributed by atoms with E-state index in [1.54, 1.807) is 37.3 Å². The number of rotatable bonds is 5. The Balaban J connectivity index is 2.11. The first-order chi connectivity index (χ1) is 11.9. The van der Waals surface area contributed by atoms with Gasteiger partial charge in [-0.25, -0.2) is 13.1 Å². The average molecular weight is 356 g/mol. The molecule has 0 aliphatic heterocycles. The van der Waals surface area contributed by atoms with Crippen LogP contribution in [0.4, 0.5) is 5.69 Å². The number of sulfonamides is 1. The second-order valence-electron chi connectivity index (χ2n) is 5.65. The van der Waals surface area contributed by atoms with Gasteiger partial charge in [0.25, 0.3) is 5.69 Å². The Labute approximate surface area is 145 Å². The lowest BCUT2D eigenvalue weighted by molar-refractivity contribution is -0.383. The van der Waals surface area contributed by atoms with Gasteiger partial charge in [-0.1, -0.05) is 48.5 Å². The minimum absolute atomic E-state index is 0.0867. The molecule has 0 aliphatic rings. The summed E-state index contributed by atoms with van der Waals surface area (Å²) in [6.07, 6.45) is 0. The molecule has 0 unspecified atom stereocenters. The van der Waals surface area contributed by atoms with Crippen LogP contribution in [0.25, 0.3) is 10.8 Å². The van der Waals surface area contributed by atoms with E-state index in [2.05, 4.69) is 4.72 Å². The molecule has 0 amide bonds. The van der Waals surface area contributed by atoms with Crippen molar-refractivity contribution in [3.8, 4) is 0 Å². The van der Waals surface area contributed by atoms with Gasteiger partial charge >= 0.3 is 0 Å². The van der Waals surface area contributed by atoms with Crippen LogP contribution in [0, 0.1) is 17.0 Å². The number of nitro groups is 1. The largest absolute Gasteiger partial charge is 0.278 e. The lowest BCUT2D eigenvalue weighted by Gasteiger charge is -2.11. The zero-order valence-electron chi connectivity index (χ0n) is 13.5. The predicted octanol–water partition coefficient (Wildman–Crippen LogP) is 3.53. The summed E-state index contributed by atoms with van der Waals surface area (Å²) in [6, 6.07) is 16.7. The highest BCUT2D eigenvalue weighted by molar-refractivity contribution is 7.89. The van der Waals surface area contributed by atoms with Crippen molar-refractivity contribution in [1.82, 2.24) is 4.72 Å². The Morgan fingerprint density at radius 1 is 1.00 bits per heavy atom. The van der Waals surface area contributed by atoms with Crippen molar-refractivity contribution in [3.63, 3.8) is 0 Å². The highest BCUT2D eigenvalue weighted by Crippen LogP contribution is 2.33. The van der Waals surface area contributed by atoms with Crippen LogP contribution in [0.15, 0.2) is 65.6 Å². The van der Waals surface area contributed by atoms with Crippen LogP contribution < -0.4 is 4.72 Å². The summed E-state index contributed by atoms with van der Waals surface area (Å²) < 4.78 is 28.1. The van der Waals surface area contributed by atoms with Gasteiger partial charge in [0.1, 0.15) is 0 Å². The summed E-state index contributed by atoms with van der Waals surface area (Å²) in [7, 11) is -3.91. The van der Waals surface area contributed by atoms with Gasteiger partial charge in [-0.05, 0) is 29.5 Å². The van der Waals surface area contributed by atoms with E-state index < -0.39 is 14.9 Å². The Kier molecular flexibility index (Phi) is 4.52. The molecule has 1 N–H and O–H groups in total. The quantitative estimate of drug-likeness (QED) is 0.559.